The fourth-order valence-corrected chi connectivity index (χ4v) is 3.13. The molecule has 13 heteroatoms. The number of amides is 3. The molecule has 1 heterocycles. The molecule has 0 aromatic carbocycles. The van der Waals surface area contributed by atoms with Crippen molar-refractivity contribution in [3.05, 3.63) is 0 Å². The van der Waals surface area contributed by atoms with Crippen LogP contribution in [0.1, 0.15) is 39.5 Å². The molecule has 1 saturated heterocycles. The van der Waals surface area contributed by atoms with Gasteiger partial charge in [0.05, 0.1) is 12.2 Å². The van der Waals surface area contributed by atoms with E-state index in [9.17, 15) is 39.3 Å². The van der Waals surface area contributed by atoms with Gasteiger partial charge in [-0.1, -0.05) is 0 Å². The van der Waals surface area contributed by atoms with E-state index >= 15 is 0 Å². The zero-order valence-corrected chi connectivity index (χ0v) is 17.4. The molecule has 8 N–H and O–H groups in total. The van der Waals surface area contributed by atoms with Gasteiger partial charge in [0.25, 0.3) is 0 Å². The van der Waals surface area contributed by atoms with Crippen LogP contribution in [0.25, 0.3) is 0 Å². The third-order valence-corrected chi connectivity index (χ3v) is 4.97. The summed E-state index contributed by atoms with van der Waals surface area (Å²) in [6, 6.07) is -5.40. The normalized spacial score (nSPS) is 20.8. The minimum atomic E-state index is -1.51. The summed E-state index contributed by atoms with van der Waals surface area (Å²) in [6.07, 6.45) is -2.81. The summed E-state index contributed by atoms with van der Waals surface area (Å²) < 4.78 is 0. The Morgan fingerprint density at radius 3 is 2.13 bits per heavy atom. The Hall–Kier alpha value is -2.77. The van der Waals surface area contributed by atoms with Gasteiger partial charge >= 0.3 is 11.9 Å². The monoisotopic (exact) mass is 446 g/mol. The van der Waals surface area contributed by atoms with Crippen molar-refractivity contribution >= 4 is 29.7 Å². The first-order valence-corrected chi connectivity index (χ1v) is 9.84. The van der Waals surface area contributed by atoms with Crippen molar-refractivity contribution in [1.82, 2.24) is 15.5 Å². The minimum absolute atomic E-state index is 0.136. The average molecular weight is 446 g/mol. The lowest BCUT2D eigenvalue weighted by Gasteiger charge is -2.30. The lowest BCUT2D eigenvalue weighted by atomic mass is 10.1. The van der Waals surface area contributed by atoms with Gasteiger partial charge in [0, 0.05) is 13.0 Å². The number of nitrogens with one attached hydrogen (secondary N) is 2. The highest BCUT2D eigenvalue weighted by molar-refractivity contribution is 5.94. The molecule has 1 rings (SSSR count). The quantitative estimate of drug-likeness (QED) is 0.170. The van der Waals surface area contributed by atoms with Crippen LogP contribution in [0.5, 0.6) is 0 Å². The summed E-state index contributed by atoms with van der Waals surface area (Å²) in [5.74, 6) is -5.13. The molecule has 0 bridgehead atoms. The number of hydrogen-bond acceptors (Lipinski definition) is 8. The van der Waals surface area contributed by atoms with Gasteiger partial charge < -0.3 is 41.7 Å². The molecule has 0 spiro atoms. The standard InChI is InChI=1S/C18H30N4O9/c1-8(23)13(19)16(28)20-10(5-6-12(25)26)15(27)21-14(9(2)24)17(29)22-7-3-4-11(22)18(30)31/h8-11,13-14,23-24H,3-7,19H2,1-2H3,(H,20,28)(H,21,27)(H,25,26)(H,30,31). The van der Waals surface area contributed by atoms with Crippen LogP contribution in [0.2, 0.25) is 0 Å². The largest absolute Gasteiger partial charge is 0.481 e. The molecule has 0 aromatic heterocycles. The van der Waals surface area contributed by atoms with E-state index in [1.54, 1.807) is 0 Å². The molecule has 13 nitrogen and oxygen atoms in total. The van der Waals surface area contributed by atoms with E-state index < -0.39 is 72.5 Å². The van der Waals surface area contributed by atoms with E-state index in [0.717, 1.165) is 4.90 Å². The Labute approximate surface area is 178 Å². The van der Waals surface area contributed by atoms with Crippen molar-refractivity contribution in [2.45, 2.75) is 75.9 Å². The SMILES string of the molecule is CC(O)C(N)C(=O)NC(CCC(=O)O)C(=O)NC(C(=O)N1CCCC1C(=O)O)C(C)O. The number of nitrogens with two attached hydrogens (primary N) is 1. The highest BCUT2D eigenvalue weighted by Crippen LogP contribution is 2.19. The number of rotatable bonds is 11. The summed E-state index contributed by atoms with van der Waals surface area (Å²) >= 11 is 0. The number of likely N-dealkylation sites (tertiary alicyclic amines) is 1. The van der Waals surface area contributed by atoms with Crippen LogP contribution in [0, 0.1) is 0 Å². The summed E-state index contributed by atoms with van der Waals surface area (Å²) in [5, 5.41) is 42.1. The van der Waals surface area contributed by atoms with Crippen molar-refractivity contribution in [3.8, 4) is 0 Å². The highest BCUT2D eigenvalue weighted by Gasteiger charge is 2.40. The Kier molecular flexibility index (Phi) is 9.81. The zero-order valence-electron chi connectivity index (χ0n) is 17.4. The maximum atomic E-state index is 12.8. The summed E-state index contributed by atoms with van der Waals surface area (Å²) in [7, 11) is 0. The molecule has 0 radical (unpaired) electrons. The predicted molar refractivity (Wildman–Crippen MR) is 104 cm³/mol. The fourth-order valence-electron chi connectivity index (χ4n) is 3.13. The van der Waals surface area contributed by atoms with Crippen molar-refractivity contribution in [2.75, 3.05) is 6.54 Å². The fraction of sp³-hybridized carbons (Fsp3) is 0.722. The molecular formula is C18H30N4O9. The van der Waals surface area contributed by atoms with Crippen LogP contribution >= 0.6 is 0 Å². The van der Waals surface area contributed by atoms with Crippen LogP contribution in [-0.2, 0) is 24.0 Å². The van der Waals surface area contributed by atoms with Crippen molar-refractivity contribution < 1.29 is 44.4 Å². The third-order valence-electron chi connectivity index (χ3n) is 4.97. The second kappa shape index (κ2) is 11.6. The number of carbonyl (C=O) groups excluding carboxylic acids is 3. The lowest BCUT2D eigenvalue weighted by Crippen LogP contribution is -2.60. The Morgan fingerprint density at radius 1 is 1.03 bits per heavy atom. The van der Waals surface area contributed by atoms with Gasteiger partial charge in [-0.15, -0.1) is 0 Å². The van der Waals surface area contributed by atoms with E-state index in [0.29, 0.717) is 6.42 Å². The maximum Gasteiger partial charge on any atom is 0.326 e. The first-order valence-electron chi connectivity index (χ1n) is 9.84. The Morgan fingerprint density at radius 2 is 1.65 bits per heavy atom. The third kappa shape index (κ3) is 7.45. The highest BCUT2D eigenvalue weighted by atomic mass is 16.4. The Balaban J connectivity index is 2.99. The van der Waals surface area contributed by atoms with Crippen LogP contribution in [0.3, 0.4) is 0 Å². The first-order chi connectivity index (χ1) is 14.4. The number of aliphatic carboxylic acids is 2. The van der Waals surface area contributed by atoms with Gasteiger partial charge in [-0.25, -0.2) is 4.79 Å². The molecule has 0 saturated carbocycles. The molecule has 1 aliphatic heterocycles. The summed E-state index contributed by atoms with van der Waals surface area (Å²) in [6.45, 7) is 2.62. The molecule has 1 aliphatic rings. The van der Waals surface area contributed by atoms with Gasteiger partial charge in [-0.05, 0) is 33.1 Å². The van der Waals surface area contributed by atoms with E-state index in [1.807, 2.05) is 0 Å². The first kappa shape index (κ1) is 26.3. The minimum Gasteiger partial charge on any atom is -0.481 e. The topological polar surface area (TPSA) is 220 Å². The zero-order chi connectivity index (χ0) is 23.9. The maximum absolute atomic E-state index is 12.8. The van der Waals surface area contributed by atoms with Gasteiger partial charge in [0.2, 0.25) is 17.7 Å². The van der Waals surface area contributed by atoms with E-state index in [-0.39, 0.29) is 19.4 Å². The van der Waals surface area contributed by atoms with Gasteiger partial charge in [-0.2, -0.15) is 0 Å². The molecule has 6 unspecified atom stereocenters. The predicted octanol–water partition coefficient (Wildman–Crippen LogP) is -3.01. The average Bonchev–Trinajstić information content (AvgIpc) is 3.17. The second-order valence-electron chi connectivity index (χ2n) is 7.51. The number of hydrogen-bond donors (Lipinski definition) is 7. The van der Waals surface area contributed by atoms with Crippen LogP contribution in [0.15, 0.2) is 0 Å². The molecule has 176 valence electrons. The number of carboxylic acid groups (broad SMARTS) is 2. The molecule has 0 aromatic rings. The van der Waals surface area contributed by atoms with Crippen molar-refractivity contribution in [1.29, 1.82) is 0 Å². The molecular weight excluding hydrogens is 416 g/mol. The summed E-state index contributed by atoms with van der Waals surface area (Å²) in [4.78, 5) is 60.9. The van der Waals surface area contributed by atoms with Crippen LogP contribution in [-0.4, -0.2) is 97.9 Å². The molecule has 1 fully saturated rings. The summed E-state index contributed by atoms with van der Waals surface area (Å²) in [5.41, 5.74) is 5.52. The van der Waals surface area contributed by atoms with Gasteiger partial charge in [0.1, 0.15) is 24.2 Å². The number of aliphatic hydroxyl groups is 2. The molecule has 6 atom stereocenters. The van der Waals surface area contributed by atoms with Crippen LogP contribution < -0.4 is 16.4 Å². The molecule has 0 aliphatic carbocycles. The smallest absolute Gasteiger partial charge is 0.326 e. The van der Waals surface area contributed by atoms with E-state index in [1.165, 1.54) is 13.8 Å². The second-order valence-corrected chi connectivity index (χ2v) is 7.51. The van der Waals surface area contributed by atoms with E-state index in [2.05, 4.69) is 10.6 Å². The van der Waals surface area contributed by atoms with Crippen LogP contribution in [0.4, 0.5) is 0 Å². The number of nitrogens with zero attached hydrogens (tertiary/aromatic N) is 1. The molecule has 31 heavy (non-hydrogen) atoms. The lowest BCUT2D eigenvalue weighted by molar-refractivity contribution is -0.150. The number of carboxylic acids is 2. The van der Waals surface area contributed by atoms with Crippen molar-refractivity contribution in [3.63, 3.8) is 0 Å². The van der Waals surface area contributed by atoms with E-state index in [4.69, 9.17) is 10.8 Å². The van der Waals surface area contributed by atoms with Gasteiger partial charge in [0.15, 0.2) is 0 Å². The Bertz CT molecular complexity index is 698. The number of aliphatic hydroxyl groups excluding tert-OH is 2. The molecule has 3 amide bonds. The van der Waals surface area contributed by atoms with Gasteiger partial charge in [-0.3, -0.25) is 19.2 Å². The van der Waals surface area contributed by atoms with Crippen molar-refractivity contribution in [2.24, 2.45) is 5.73 Å². The number of carbonyl (C=O) groups is 5.